The van der Waals surface area contributed by atoms with E-state index in [-0.39, 0.29) is 0 Å². The van der Waals surface area contributed by atoms with E-state index in [1.807, 2.05) is 11.3 Å². The fraction of sp³-hybridized carbons (Fsp3) is 0.733. The normalized spacial score (nSPS) is 18.3. The Morgan fingerprint density at radius 3 is 2.68 bits per heavy atom. The summed E-state index contributed by atoms with van der Waals surface area (Å²) >= 11 is 5.37. The van der Waals surface area contributed by atoms with Crippen molar-refractivity contribution in [3.05, 3.63) is 20.8 Å². The molecule has 0 spiro atoms. The molecule has 0 atom stereocenters. The van der Waals surface area contributed by atoms with Crippen LogP contribution < -0.4 is 5.32 Å². The molecule has 1 aromatic rings. The molecule has 1 saturated heterocycles. The molecule has 1 N–H and O–H groups in total. The fourth-order valence-electron chi connectivity index (χ4n) is 2.72. The molecular weight excluding hydrogens is 320 g/mol. The molecule has 0 bridgehead atoms. The Morgan fingerprint density at radius 1 is 1.37 bits per heavy atom. The number of thiophene rings is 1. The van der Waals surface area contributed by atoms with Crippen LogP contribution in [0, 0.1) is 5.92 Å². The highest BCUT2D eigenvalue weighted by molar-refractivity contribution is 9.11. The van der Waals surface area contributed by atoms with Crippen LogP contribution in [0.15, 0.2) is 15.9 Å². The van der Waals surface area contributed by atoms with E-state index in [1.54, 1.807) is 0 Å². The molecule has 19 heavy (non-hydrogen) atoms. The summed E-state index contributed by atoms with van der Waals surface area (Å²) in [6.07, 6.45) is 3.77. The Balaban J connectivity index is 1.60. The zero-order valence-electron chi connectivity index (χ0n) is 12.0. The molecule has 0 aromatic carbocycles. The van der Waals surface area contributed by atoms with E-state index in [0.717, 1.165) is 24.9 Å². The van der Waals surface area contributed by atoms with Gasteiger partial charge in [-0.2, -0.15) is 0 Å². The van der Waals surface area contributed by atoms with Gasteiger partial charge in [0.25, 0.3) is 0 Å². The highest BCUT2D eigenvalue weighted by atomic mass is 79.9. The van der Waals surface area contributed by atoms with E-state index in [1.165, 1.54) is 41.1 Å². The lowest BCUT2D eigenvalue weighted by Gasteiger charge is -2.33. The molecule has 0 unspecified atom stereocenters. The van der Waals surface area contributed by atoms with Gasteiger partial charge in [-0.15, -0.1) is 11.3 Å². The predicted molar refractivity (Wildman–Crippen MR) is 88.0 cm³/mol. The lowest BCUT2D eigenvalue weighted by Crippen LogP contribution is -2.44. The lowest BCUT2D eigenvalue weighted by molar-refractivity contribution is 0.180. The molecule has 0 amide bonds. The van der Waals surface area contributed by atoms with Crippen LogP contribution in [0.1, 0.15) is 31.6 Å². The summed E-state index contributed by atoms with van der Waals surface area (Å²) in [7, 11) is 0. The van der Waals surface area contributed by atoms with E-state index in [9.17, 15) is 0 Å². The van der Waals surface area contributed by atoms with Gasteiger partial charge in [-0.25, -0.2) is 0 Å². The standard InChI is InChI=1S/C15H25BrN2S/c1-12(2)11-18-9-6-13(7-10-18)17-8-5-14-3-4-15(16)19-14/h3-4,12-13,17H,5-11H2,1-2H3. The van der Waals surface area contributed by atoms with Gasteiger partial charge in [0.2, 0.25) is 0 Å². The Kier molecular flexibility index (Phi) is 6.33. The van der Waals surface area contributed by atoms with Crippen LogP contribution >= 0.6 is 27.3 Å². The molecule has 1 fully saturated rings. The SMILES string of the molecule is CC(C)CN1CCC(NCCc2ccc(Br)s2)CC1. The quantitative estimate of drug-likeness (QED) is 0.844. The van der Waals surface area contributed by atoms with Crippen LogP contribution in [0.3, 0.4) is 0 Å². The monoisotopic (exact) mass is 344 g/mol. The topological polar surface area (TPSA) is 15.3 Å². The third-order valence-electron chi connectivity index (χ3n) is 3.64. The summed E-state index contributed by atoms with van der Waals surface area (Å²) in [5.41, 5.74) is 0. The smallest absolute Gasteiger partial charge is 0.0701 e. The van der Waals surface area contributed by atoms with Gasteiger partial charge in [0.1, 0.15) is 0 Å². The van der Waals surface area contributed by atoms with Crippen molar-refractivity contribution in [2.45, 2.75) is 39.2 Å². The number of nitrogens with zero attached hydrogens (tertiary/aromatic N) is 1. The first-order chi connectivity index (χ1) is 9.13. The summed E-state index contributed by atoms with van der Waals surface area (Å²) < 4.78 is 1.24. The molecule has 0 saturated carbocycles. The number of likely N-dealkylation sites (tertiary alicyclic amines) is 1. The van der Waals surface area contributed by atoms with E-state index in [0.29, 0.717) is 0 Å². The minimum absolute atomic E-state index is 0.729. The van der Waals surface area contributed by atoms with Crippen molar-refractivity contribution in [2.75, 3.05) is 26.2 Å². The average molecular weight is 345 g/mol. The first-order valence-corrected chi connectivity index (χ1v) is 8.94. The van der Waals surface area contributed by atoms with Crippen molar-refractivity contribution in [1.29, 1.82) is 0 Å². The van der Waals surface area contributed by atoms with Crippen molar-refractivity contribution >= 4 is 27.3 Å². The van der Waals surface area contributed by atoms with E-state index in [4.69, 9.17) is 0 Å². The number of rotatable bonds is 6. The zero-order valence-corrected chi connectivity index (χ0v) is 14.4. The minimum atomic E-state index is 0.729. The molecule has 4 heteroatoms. The first-order valence-electron chi connectivity index (χ1n) is 7.33. The van der Waals surface area contributed by atoms with Crippen molar-refractivity contribution in [3.63, 3.8) is 0 Å². The van der Waals surface area contributed by atoms with Gasteiger partial charge >= 0.3 is 0 Å². The molecule has 1 aliphatic heterocycles. The highest BCUT2D eigenvalue weighted by Gasteiger charge is 2.18. The highest BCUT2D eigenvalue weighted by Crippen LogP contribution is 2.22. The molecule has 1 aliphatic rings. The third kappa shape index (κ3) is 5.54. The Bertz CT molecular complexity index is 370. The van der Waals surface area contributed by atoms with E-state index in [2.05, 4.69) is 52.1 Å². The van der Waals surface area contributed by atoms with Crippen LogP contribution in [0.25, 0.3) is 0 Å². The lowest BCUT2D eigenvalue weighted by atomic mass is 10.0. The third-order valence-corrected chi connectivity index (χ3v) is 5.33. The number of nitrogens with one attached hydrogen (secondary N) is 1. The van der Waals surface area contributed by atoms with Crippen molar-refractivity contribution in [2.24, 2.45) is 5.92 Å². The number of piperidine rings is 1. The summed E-state index contributed by atoms with van der Waals surface area (Å²) in [6, 6.07) is 5.10. The van der Waals surface area contributed by atoms with Gasteiger partial charge in [0.15, 0.2) is 0 Å². The second kappa shape index (κ2) is 7.77. The van der Waals surface area contributed by atoms with Crippen molar-refractivity contribution in [3.8, 4) is 0 Å². The molecule has 0 radical (unpaired) electrons. The van der Waals surface area contributed by atoms with Gasteiger partial charge in [0, 0.05) is 24.0 Å². The van der Waals surface area contributed by atoms with Gasteiger partial charge in [-0.3, -0.25) is 0 Å². The summed E-state index contributed by atoms with van der Waals surface area (Å²) in [5.74, 6) is 0.793. The fourth-order valence-corrected chi connectivity index (χ4v) is 4.20. The van der Waals surface area contributed by atoms with Crippen LogP contribution in [0.5, 0.6) is 0 Å². The maximum atomic E-state index is 3.72. The Hall–Kier alpha value is 0.1000. The maximum Gasteiger partial charge on any atom is 0.0701 e. The predicted octanol–water partition coefficient (Wildman–Crippen LogP) is 3.76. The molecule has 0 aliphatic carbocycles. The first kappa shape index (κ1) is 15.5. The zero-order chi connectivity index (χ0) is 13.7. The Labute approximate surface area is 129 Å². The number of halogens is 1. The molecule has 2 rings (SSSR count). The molecule has 2 heterocycles. The molecule has 1 aromatic heterocycles. The number of hydrogen-bond acceptors (Lipinski definition) is 3. The minimum Gasteiger partial charge on any atom is -0.314 e. The maximum absolute atomic E-state index is 3.72. The second-order valence-corrected chi connectivity index (χ2v) is 8.43. The largest absolute Gasteiger partial charge is 0.314 e. The van der Waals surface area contributed by atoms with Crippen LogP contribution in [0.2, 0.25) is 0 Å². The second-order valence-electron chi connectivity index (χ2n) is 5.88. The van der Waals surface area contributed by atoms with Gasteiger partial charge < -0.3 is 10.2 Å². The van der Waals surface area contributed by atoms with E-state index < -0.39 is 0 Å². The van der Waals surface area contributed by atoms with Crippen LogP contribution in [-0.4, -0.2) is 37.1 Å². The van der Waals surface area contributed by atoms with Crippen molar-refractivity contribution in [1.82, 2.24) is 10.2 Å². The summed E-state index contributed by atoms with van der Waals surface area (Å²) in [4.78, 5) is 4.08. The molecule has 108 valence electrons. The summed E-state index contributed by atoms with van der Waals surface area (Å²) in [5, 5.41) is 3.72. The molecular formula is C15H25BrN2S. The van der Waals surface area contributed by atoms with E-state index >= 15 is 0 Å². The van der Waals surface area contributed by atoms with Crippen LogP contribution in [0.4, 0.5) is 0 Å². The average Bonchev–Trinajstić information content (AvgIpc) is 2.77. The van der Waals surface area contributed by atoms with Gasteiger partial charge in [-0.1, -0.05) is 13.8 Å². The Morgan fingerprint density at radius 2 is 2.11 bits per heavy atom. The van der Waals surface area contributed by atoms with Gasteiger partial charge in [-0.05, 0) is 66.3 Å². The summed E-state index contributed by atoms with van der Waals surface area (Å²) in [6.45, 7) is 9.52. The van der Waals surface area contributed by atoms with Crippen molar-refractivity contribution < 1.29 is 0 Å². The number of hydrogen-bond donors (Lipinski definition) is 1. The van der Waals surface area contributed by atoms with Gasteiger partial charge in [0.05, 0.1) is 3.79 Å². The van der Waals surface area contributed by atoms with Crippen LogP contribution in [-0.2, 0) is 6.42 Å². The molecule has 2 nitrogen and oxygen atoms in total.